The fraction of sp³-hybridized carbons (Fsp3) is 0.125. The zero-order valence-electron chi connectivity index (χ0n) is 6.94. The normalized spacial score (nSPS) is 17.9. The van der Waals surface area contributed by atoms with Crippen molar-refractivity contribution in [1.82, 2.24) is 10.6 Å². The van der Waals surface area contributed by atoms with Crippen molar-refractivity contribution in [3.05, 3.63) is 22.4 Å². The molecule has 4 amide bonds. The van der Waals surface area contributed by atoms with Crippen molar-refractivity contribution < 1.29 is 14.4 Å². The fourth-order valence-corrected chi connectivity index (χ4v) is 2.05. The number of hydrogen-bond acceptors (Lipinski definition) is 4. The van der Waals surface area contributed by atoms with Crippen LogP contribution in [0.15, 0.2) is 17.5 Å². The molecule has 1 aliphatic heterocycles. The van der Waals surface area contributed by atoms with Gasteiger partial charge in [-0.15, -0.1) is 11.3 Å². The summed E-state index contributed by atoms with van der Waals surface area (Å²) in [5.74, 6) is -2.03. The summed E-state index contributed by atoms with van der Waals surface area (Å²) >= 11 is 1.31. The molecule has 72 valence electrons. The summed E-state index contributed by atoms with van der Waals surface area (Å²) in [5, 5.41) is 5.86. The highest BCUT2D eigenvalue weighted by Gasteiger charge is 2.35. The van der Waals surface area contributed by atoms with Gasteiger partial charge in [0.15, 0.2) is 5.92 Å². The maximum absolute atomic E-state index is 11.3. The SMILES string of the molecule is O=C1NC(=O)C(c2cccs2)C(=O)N1. The van der Waals surface area contributed by atoms with E-state index in [1.165, 1.54) is 11.3 Å². The molecule has 14 heavy (non-hydrogen) atoms. The second-order valence-corrected chi connectivity index (χ2v) is 3.74. The number of hydrogen-bond donors (Lipinski definition) is 2. The minimum Gasteiger partial charge on any atom is -0.277 e. The molecule has 1 aromatic heterocycles. The van der Waals surface area contributed by atoms with E-state index in [0.29, 0.717) is 4.88 Å². The first-order valence-corrected chi connectivity index (χ1v) is 4.75. The third kappa shape index (κ3) is 1.39. The number of carbonyl (C=O) groups excluding carboxylic acids is 3. The quantitative estimate of drug-likeness (QED) is 0.650. The van der Waals surface area contributed by atoms with Crippen LogP contribution in [0.5, 0.6) is 0 Å². The first kappa shape index (κ1) is 8.89. The number of barbiturate groups is 1. The molecule has 5 nitrogen and oxygen atoms in total. The molecule has 0 spiro atoms. The smallest absolute Gasteiger partial charge is 0.277 e. The first-order chi connectivity index (χ1) is 6.68. The van der Waals surface area contributed by atoms with E-state index < -0.39 is 23.8 Å². The summed E-state index contributed by atoms with van der Waals surface area (Å²) in [6, 6.07) is 2.68. The molecule has 0 radical (unpaired) electrons. The molecule has 1 fully saturated rings. The number of nitrogens with one attached hydrogen (secondary N) is 2. The van der Waals surface area contributed by atoms with Crippen LogP contribution in [0.25, 0.3) is 0 Å². The van der Waals surface area contributed by atoms with Gasteiger partial charge in [0.1, 0.15) is 0 Å². The van der Waals surface area contributed by atoms with E-state index >= 15 is 0 Å². The van der Waals surface area contributed by atoms with Gasteiger partial charge in [0.05, 0.1) is 0 Å². The van der Waals surface area contributed by atoms with Crippen LogP contribution < -0.4 is 10.6 Å². The maximum Gasteiger partial charge on any atom is 0.328 e. The lowest BCUT2D eigenvalue weighted by molar-refractivity contribution is -0.132. The number of rotatable bonds is 1. The summed E-state index contributed by atoms with van der Waals surface area (Å²) in [7, 11) is 0. The molecule has 0 saturated carbocycles. The maximum atomic E-state index is 11.3. The van der Waals surface area contributed by atoms with Crippen LogP contribution in [0.2, 0.25) is 0 Å². The van der Waals surface area contributed by atoms with Gasteiger partial charge in [0, 0.05) is 4.88 Å². The zero-order valence-corrected chi connectivity index (χ0v) is 7.76. The number of imide groups is 2. The molecule has 2 N–H and O–H groups in total. The van der Waals surface area contributed by atoms with Gasteiger partial charge in [-0.05, 0) is 11.4 Å². The molecule has 2 heterocycles. The van der Waals surface area contributed by atoms with Gasteiger partial charge in [0.25, 0.3) is 0 Å². The summed E-state index contributed by atoms with van der Waals surface area (Å²) < 4.78 is 0. The Morgan fingerprint density at radius 1 is 1.14 bits per heavy atom. The topological polar surface area (TPSA) is 75.3 Å². The van der Waals surface area contributed by atoms with Crippen LogP contribution >= 0.6 is 11.3 Å². The van der Waals surface area contributed by atoms with E-state index in [4.69, 9.17) is 0 Å². The lowest BCUT2D eigenvalue weighted by Gasteiger charge is -2.19. The number of amides is 4. The van der Waals surface area contributed by atoms with E-state index in [0.717, 1.165) is 0 Å². The van der Waals surface area contributed by atoms with E-state index in [-0.39, 0.29) is 0 Å². The van der Waals surface area contributed by atoms with Gasteiger partial charge in [-0.25, -0.2) is 4.79 Å². The van der Waals surface area contributed by atoms with Gasteiger partial charge in [-0.1, -0.05) is 6.07 Å². The largest absolute Gasteiger partial charge is 0.328 e. The van der Waals surface area contributed by atoms with Crippen molar-refractivity contribution >= 4 is 29.2 Å². The molecule has 2 rings (SSSR count). The number of urea groups is 1. The fourth-order valence-electron chi connectivity index (χ4n) is 1.23. The van der Waals surface area contributed by atoms with Gasteiger partial charge >= 0.3 is 6.03 Å². The van der Waals surface area contributed by atoms with Crippen molar-refractivity contribution in [2.75, 3.05) is 0 Å². The lowest BCUT2D eigenvalue weighted by Crippen LogP contribution is -2.54. The molecule has 6 heteroatoms. The average molecular weight is 210 g/mol. The summed E-state index contributed by atoms with van der Waals surface area (Å²) in [4.78, 5) is 34.0. The Hall–Kier alpha value is -1.69. The highest BCUT2D eigenvalue weighted by atomic mass is 32.1. The van der Waals surface area contributed by atoms with Gasteiger partial charge in [-0.3, -0.25) is 20.2 Å². The van der Waals surface area contributed by atoms with Gasteiger partial charge < -0.3 is 0 Å². The van der Waals surface area contributed by atoms with Crippen LogP contribution in [0.3, 0.4) is 0 Å². The van der Waals surface area contributed by atoms with Crippen LogP contribution in [-0.4, -0.2) is 17.8 Å². The Balaban J connectivity index is 2.31. The molecule has 1 aromatic rings. The Labute approximate surface area is 83.1 Å². The summed E-state index contributed by atoms with van der Waals surface area (Å²) in [6.45, 7) is 0. The second kappa shape index (κ2) is 3.22. The van der Waals surface area contributed by atoms with Crippen molar-refractivity contribution in [2.45, 2.75) is 5.92 Å². The second-order valence-electron chi connectivity index (χ2n) is 2.76. The van der Waals surface area contributed by atoms with Crippen LogP contribution in [-0.2, 0) is 9.59 Å². The van der Waals surface area contributed by atoms with Crippen LogP contribution in [0, 0.1) is 0 Å². The first-order valence-electron chi connectivity index (χ1n) is 3.87. The number of carbonyl (C=O) groups is 3. The minimum absolute atomic E-state index is 0.568. The van der Waals surface area contributed by atoms with E-state index in [1.54, 1.807) is 17.5 Å². The zero-order chi connectivity index (χ0) is 10.1. The van der Waals surface area contributed by atoms with Crippen molar-refractivity contribution in [1.29, 1.82) is 0 Å². The van der Waals surface area contributed by atoms with E-state index in [2.05, 4.69) is 0 Å². The Morgan fingerprint density at radius 2 is 1.79 bits per heavy atom. The molecular formula is C8H6N2O3S. The number of thiophene rings is 1. The molecule has 0 unspecified atom stereocenters. The molecule has 0 atom stereocenters. The van der Waals surface area contributed by atoms with Gasteiger partial charge in [0.2, 0.25) is 11.8 Å². The third-order valence-corrected chi connectivity index (χ3v) is 2.76. The molecule has 0 bridgehead atoms. The van der Waals surface area contributed by atoms with E-state index in [9.17, 15) is 14.4 Å². The Morgan fingerprint density at radius 3 is 2.29 bits per heavy atom. The van der Waals surface area contributed by atoms with Crippen molar-refractivity contribution in [2.24, 2.45) is 0 Å². The molecular weight excluding hydrogens is 204 g/mol. The standard InChI is InChI=1S/C8H6N2O3S/c11-6-5(4-2-1-3-14-4)7(12)10-8(13)9-6/h1-3,5H,(H2,9,10,11,12,13). The average Bonchev–Trinajstić information content (AvgIpc) is 2.54. The lowest BCUT2D eigenvalue weighted by atomic mass is 10.0. The monoisotopic (exact) mass is 210 g/mol. The predicted molar refractivity (Wildman–Crippen MR) is 48.7 cm³/mol. The summed E-state index contributed by atoms with van der Waals surface area (Å²) in [5.41, 5.74) is 0. The molecule has 0 aromatic carbocycles. The van der Waals surface area contributed by atoms with E-state index in [1.807, 2.05) is 10.6 Å². The van der Waals surface area contributed by atoms with Crippen molar-refractivity contribution in [3.63, 3.8) is 0 Å². The highest BCUT2D eigenvalue weighted by molar-refractivity contribution is 7.10. The highest BCUT2D eigenvalue weighted by Crippen LogP contribution is 2.22. The summed E-state index contributed by atoms with van der Waals surface area (Å²) in [6.07, 6.45) is 0. The van der Waals surface area contributed by atoms with Crippen molar-refractivity contribution in [3.8, 4) is 0 Å². The van der Waals surface area contributed by atoms with Gasteiger partial charge in [-0.2, -0.15) is 0 Å². The molecule has 1 aliphatic rings. The molecule has 1 saturated heterocycles. The Bertz CT molecular complexity index is 379. The third-order valence-electron chi connectivity index (χ3n) is 1.83. The van der Waals surface area contributed by atoms with Crippen LogP contribution in [0.1, 0.15) is 10.8 Å². The minimum atomic E-state index is -0.896. The predicted octanol–water partition coefficient (Wildman–Crippen LogP) is 0.198. The molecule has 0 aliphatic carbocycles. The Kier molecular flexibility index (Phi) is 2.05. The van der Waals surface area contributed by atoms with Crippen LogP contribution in [0.4, 0.5) is 4.79 Å².